The minimum atomic E-state index is -5.30. The fraction of sp³-hybridized carbons (Fsp3) is 0.160. The van der Waals surface area contributed by atoms with Crippen LogP contribution in [0.15, 0.2) is 48.5 Å². The van der Waals surface area contributed by atoms with Crippen molar-refractivity contribution in [2.75, 3.05) is 16.0 Å². The maximum atomic E-state index is 14.5. The second-order valence-corrected chi connectivity index (χ2v) is 11.5. The van der Waals surface area contributed by atoms with Gasteiger partial charge in [0.1, 0.15) is 10.0 Å². The zero-order chi connectivity index (χ0) is 30.9. The minimum absolute atomic E-state index is 0.0124. The van der Waals surface area contributed by atoms with Gasteiger partial charge in [-0.3, -0.25) is 14.4 Å². The molecule has 0 unspecified atom stereocenters. The average molecular weight is 678 g/mol. The quantitative estimate of drug-likeness (QED) is 0.173. The van der Waals surface area contributed by atoms with Gasteiger partial charge in [0, 0.05) is 11.4 Å². The van der Waals surface area contributed by atoms with Crippen LogP contribution < -0.4 is 16.0 Å². The highest BCUT2D eigenvalue weighted by Gasteiger charge is 2.39. The summed E-state index contributed by atoms with van der Waals surface area (Å²) in [5.41, 5.74) is -1.89. The molecule has 0 radical (unpaired) electrons. The Morgan fingerprint density at radius 2 is 1.34 bits per heavy atom. The summed E-state index contributed by atoms with van der Waals surface area (Å²) in [4.78, 5) is 37.0. The molecule has 3 amide bonds. The van der Waals surface area contributed by atoms with Gasteiger partial charge in [-0.15, -0.1) is 23.2 Å². The number of hydrogen-bond acceptors (Lipinski definition) is 3. The first-order chi connectivity index (χ1) is 18.9. The zero-order valence-electron chi connectivity index (χ0n) is 20.2. The minimum Gasteiger partial charge on any atom is -0.325 e. The van der Waals surface area contributed by atoms with E-state index in [0.717, 1.165) is 6.07 Å². The Morgan fingerprint density at radius 3 is 1.88 bits per heavy atom. The van der Waals surface area contributed by atoms with E-state index in [1.165, 1.54) is 42.6 Å². The molecule has 0 spiro atoms. The van der Waals surface area contributed by atoms with Crippen LogP contribution >= 0.6 is 58.0 Å². The van der Waals surface area contributed by atoms with Crippen LogP contribution in [0.5, 0.6) is 0 Å². The van der Waals surface area contributed by atoms with Crippen molar-refractivity contribution in [3.8, 4) is 0 Å². The number of carbonyl (C=O) groups is 3. The van der Waals surface area contributed by atoms with Gasteiger partial charge in [0.15, 0.2) is 11.6 Å². The molecule has 6 nitrogen and oxygen atoms in total. The van der Waals surface area contributed by atoms with Crippen molar-refractivity contribution in [1.82, 2.24) is 0 Å². The van der Waals surface area contributed by atoms with Gasteiger partial charge < -0.3 is 16.0 Å². The molecule has 3 N–H and O–H groups in total. The lowest BCUT2D eigenvalue weighted by atomic mass is 9.94. The lowest BCUT2D eigenvalue weighted by Crippen LogP contribution is -2.32. The van der Waals surface area contributed by atoms with E-state index in [0.29, 0.717) is 17.7 Å². The molecule has 0 saturated heterocycles. The largest absolute Gasteiger partial charge is 0.471 e. The van der Waals surface area contributed by atoms with Crippen LogP contribution in [-0.2, 0) is 9.59 Å². The van der Waals surface area contributed by atoms with Crippen molar-refractivity contribution >= 4 is 92.8 Å². The normalized spacial score (nSPS) is 12.5. The summed E-state index contributed by atoms with van der Waals surface area (Å²) < 4.78 is 64.6. The number of anilines is 3. The molecule has 0 aliphatic rings. The monoisotopic (exact) mass is 675 g/mol. The van der Waals surface area contributed by atoms with Crippen LogP contribution in [0.4, 0.5) is 39.0 Å². The van der Waals surface area contributed by atoms with E-state index in [4.69, 9.17) is 58.0 Å². The van der Waals surface area contributed by atoms with E-state index >= 15 is 0 Å². The second kappa shape index (κ2) is 12.6. The Labute approximate surface area is 254 Å². The molecule has 0 saturated carbocycles. The maximum absolute atomic E-state index is 14.5. The highest BCUT2D eigenvalue weighted by molar-refractivity contribution is 6.50. The smallest absolute Gasteiger partial charge is 0.325 e. The van der Waals surface area contributed by atoms with E-state index in [1.807, 2.05) is 5.32 Å². The molecule has 0 fully saturated rings. The highest BCUT2D eigenvalue weighted by atomic mass is 35.5. The summed E-state index contributed by atoms with van der Waals surface area (Å²) in [5.74, 6) is -8.50. The lowest BCUT2D eigenvalue weighted by molar-refractivity contribution is -0.167. The number of rotatable bonds is 7. The molecule has 0 bridgehead atoms. The van der Waals surface area contributed by atoms with Gasteiger partial charge in [-0.1, -0.05) is 40.9 Å². The van der Waals surface area contributed by atoms with E-state index in [-0.39, 0.29) is 26.3 Å². The molecule has 0 aliphatic carbocycles. The van der Waals surface area contributed by atoms with Crippen LogP contribution in [0.2, 0.25) is 15.1 Å². The van der Waals surface area contributed by atoms with E-state index in [9.17, 15) is 36.3 Å². The fourth-order valence-electron chi connectivity index (χ4n) is 3.51. The zero-order valence-corrected chi connectivity index (χ0v) is 24.0. The van der Waals surface area contributed by atoms with E-state index in [2.05, 4.69) is 5.32 Å². The third-order valence-corrected chi connectivity index (χ3v) is 6.83. The molecule has 3 aromatic carbocycles. The van der Waals surface area contributed by atoms with E-state index < -0.39 is 57.2 Å². The standard InChI is InChI=1S/C25H15Cl5F5N3O3/c1-24(29,30)19(10-2-4-15(27)16(28)6-10)22(40)36-11-3-5-14(26)13(7-11)21(39)38-20-17(31)8-12(9-18(20)32)37-23(41)25(33,34)35/h2-9,19H,1H3,(H,36,40)(H,37,41)(H,38,39)/t19-/m0/s1. The fourth-order valence-corrected chi connectivity index (χ4v) is 4.47. The third-order valence-electron chi connectivity index (χ3n) is 5.32. The number of hydrogen-bond donors (Lipinski definition) is 3. The van der Waals surface area contributed by atoms with Crippen LogP contribution in [0.3, 0.4) is 0 Å². The van der Waals surface area contributed by atoms with E-state index in [1.54, 1.807) is 0 Å². The number of benzene rings is 3. The second-order valence-electron chi connectivity index (χ2n) is 8.47. The van der Waals surface area contributed by atoms with Gasteiger partial charge in [-0.2, -0.15) is 13.2 Å². The molecule has 0 heterocycles. The molecule has 3 rings (SSSR count). The average Bonchev–Trinajstić information content (AvgIpc) is 2.83. The molecule has 0 aromatic heterocycles. The Balaban J connectivity index is 1.85. The number of alkyl halides is 5. The number of amides is 3. The van der Waals surface area contributed by atoms with Gasteiger partial charge in [0.25, 0.3) is 5.91 Å². The maximum Gasteiger partial charge on any atom is 0.471 e. The van der Waals surface area contributed by atoms with Gasteiger partial charge >= 0.3 is 12.1 Å². The van der Waals surface area contributed by atoms with Crippen LogP contribution in [0, 0.1) is 11.6 Å². The number of carbonyl (C=O) groups excluding carboxylic acids is 3. The van der Waals surface area contributed by atoms with Crippen molar-refractivity contribution < 1.29 is 36.3 Å². The first kappa shape index (κ1) is 32.7. The van der Waals surface area contributed by atoms with Gasteiger partial charge in [-0.05, 0) is 55.0 Å². The van der Waals surface area contributed by atoms with Crippen LogP contribution in [0.25, 0.3) is 0 Å². The lowest BCUT2D eigenvalue weighted by Gasteiger charge is -2.26. The topological polar surface area (TPSA) is 87.3 Å². The van der Waals surface area contributed by atoms with Gasteiger partial charge in [0.2, 0.25) is 5.91 Å². The van der Waals surface area contributed by atoms with Crippen LogP contribution in [0.1, 0.15) is 28.8 Å². The number of nitrogens with one attached hydrogen (secondary N) is 3. The summed E-state index contributed by atoms with van der Waals surface area (Å²) in [6, 6.07) is 8.71. The Bertz CT molecular complexity index is 1510. The molecular formula is C25H15Cl5F5N3O3. The van der Waals surface area contributed by atoms with Crippen molar-refractivity contribution in [3.63, 3.8) is 0 Å². The van der Waals surface area contributed by atoms with Crippen molar-refractivity contribution in [1.29, 1.82) is 0 Å². The summed E-state index contributed by atoms with van der Waals surface area (Å²) in [6.45, 7) is 1.37. The highest BCUT2D eigenvalue weighted by Crippen LogP contribution is 2.40. The summed E-state index contributed by atoms with van der Waals surface area (Å²) in [5, 5.41) is 5.92. The molecule has 0 aliphatic heterocycles. The first-order valence-corrected chi connectivity index (χ1v) is 12.9. The Hall–Kier alpha value is -2.83. The third kappa shape index (κ3) is 8.14. The molecule has 1 atom stereocenters. The molecule has 3 aromatic rings. The van der Waals surface area contributed by atoms with Gasteiger partial charge in [0.05, 0.1) is 26.5 Å². The SMILES string of the molecule is CC(Cl)(Cl)[C@H](C(=O)Nc1ccc(Cl)c(C(=O)Nc2c(F)cc(NC(=O)C(F)(F)F)cc2F)c1)c1ccc(Cl)c(Cl)c1. The van der Waals surface area contributed by atoms with Crippen molar-refractivity contribution in [2.45, 2.75) is 23.4 Å². The molecular weight excluding hydrogens is 663 g/mol. The van der Waals surface area contributed by atoms with Crippen LogP contribution in [-0.4, -0.2) is 28.2 Å². The summed E-state index contributed by atoms with van der Waals surface area (Å²) >= 11 is 30.6. The predicted octanol–water partition coefficient (Wildman–Crippen LogP) is 8.59. The predicted molar refractivity (Wildman–Crippen MR) is 148 cm³/mol. The first-order valence-electron chi connectivity index (χ1n) is 11.0. The summed E-state index contributed by atoms with van der Waals surface area (Å²) in [7, 11) is 0. The van der Waals surface area contributed by atoms with Crippen molar-refractivity contribution in [3.05, 3.63) is 86.4 Å². The summed E-state index contributed by atoms with van der Waals surface area (Å²) in [6.07, 6.45) is -5.30. The molecule has 41 heavy (non-hydrogen) atoms. The molecule has 16 heteroatoms. The van der Waals surface area contributed by atoms with Gasteiger partial charge in [-0.25, -0.2) is 8.78 Å². The molecule has 218 valence electrons. The Morgan fingerprint density at radius 1 is 0.756 bits per heavy atom. The number of halogens is 10. The Kier molecular flexibility index (Phi) is 10.0. The van der Waals surface area contributed by atoms with Crippen molar-refractivity contribution in [2.24, 2.45) is 0 Å².